The first-order valence-corrected chi connectivity index (χ1v) is 9.18. The highest BCUT2D eigenvalue weighted by Gasteiger charge is 2.12. The average Bonchev–Trinajstić information content (AvgIpc) is 3.26. The van der Waals surface area contributed by atoms with Crippen molar-refractivity contribution in [1.29, 1.82) is 0 Å². The highest BCUT2D eigenvalue weighted by molar-refractivity contribution is 7.16. The Hall–Kier alpha value is -2.73. The maximum absolute atomic E-state index is 4.67. The van der Waals surface area contributed by atoms with Crippen molar-refractivity contribution in [2.24, 2.45) is 7.05 Å². The smallest absolute Gasteiger partial charge is 0.138 e. The summed E-state index contributed by atoms with van der Waals surface area (Å²) in [5.41, 5.74) is 3.27. The van der Waals surface area contributed by atoms with E-state index in [0.29, 0.717) is 6.54 Å². The van der Waals surface area contributed by atoms with Crippen molar-refractivity contribution in [3.63, 3.8) is 0 Å². The number of hydrogen-bond acceptors (Lipinski definition) is 5. The highest BCUT2D eigenvalue weighted by atomic mass is 32.1. The Morgan fingerprint density at radius 3 is 2.76 bits per heavy atom. The van der Waals surface area contributed by atoms with Crippen molar-refractivity contribution in [1.82, 2.24) is 19.7 Å². The molecule has 25 heavy (non-hydrogen) atoms. The minimum atomic E-state index is 0.670. The predicted octanol–water partition coefficient (Wildman–Crippen LogP) is 4.27. The average molecular weight is 349 g/mol. The molecular weight excluding hydrogens is 330 g/mol. The number of nitrogens with one attached hydrogen (secondary N) is 1. The number of aromatic nitrogens is 4. The van der Waals surface area contributed by atoms with Crippen molar-refractivity contribution < 1.29 is 0 Å². The van der Waals surface area contributed by atoms with Gasteiger partial charge in [-0.05, 0) is 11.4 Å². The molecule has 0 amide bonds. The molecule has 3 heterocycles. The Morgan fingerprint density at radius 1 is 1.12 bits per heavy atom. The van der Waals surface area contributed by atoms with Crippen LogP contribution in [0.4, 0.5) is 5.82 Å². The number of hydrogen-bond donors (Lipinski definition) is 1. The fraction of sp³-hybridized carbons (Fsp3) is 0.211. The van der Waals surface area contributed by atoms with Crippen molar-refractivity contribution >= 4 is 27.4 Å². The first kappa shape index (κ1) is 15.8. The van der Waals surface area contributed by atoms with E-state index >= 15 is 0 Å². The highest BCUT2D eigenvalue weighted by Crippen LogP contribution is 2.27. The van der Waals surface area contributed by atoms with E-state index in [2.05, 4.69) is 57.1 Å². The molecule has 0 bridgehead atoms. The molecule has 5 nitrogen and oxygen atoms in total. The zero-order chi connectivity index (χ0) is 17.2. The molecule has 0 saturated carbocycles. The van der Waals surface area contributed by atoms with Gasteiger partial charge in [0.05, 0.1) is 11.1 Å². The van der Waals surface area contributed by atoms with Gasteiger partial charge >= 0.3 is 0 Å². The third-order valence-electron chi connectivity index (χ3n) is 4.09. The monoisotopic (exact) mass is 349 g/mol. The van der Waals surface area contributed by atoms with Crippen LogP contribution in [0.5, 0.6) is 0 Å². The second-order valence-electron chi connectivity index (χ2n) is 5.88. The van der Waals surface area contributed by atoms with Gasteiger partial charge in [0, 0.05) is 37.3 Å². The molecule has 0 fully saturated rings. The summed E-state index contributed by atoms with van der Waals surface area (Å²) in [7, 11) is 1.95. The standard InChI is InChI=1S/C19H19N5S/c1-3-16-21-18(15-9-10-25-19(15)22-16)20-11-14-12-24(2)23-17(14)13-7-5-4-6-8-13/h4-10,12H,3,11H2,1-2H3,(H,20,21,22). The quantitative estimate of drug-likeness (QED) is 0.585. The summed E-state index contributed by atoms with van der Waals surface area (Å²) in [5, 5.41) is 11.3. The number of anilines is 1. The van der Waals surface area contributed by atoms with Crippen LogP contribution in [0, 0.1) is 0 Å². The van der Waals surface area contributed by atoms with Gasteiger partial charge in [-0.3, -0.25) is 4.68 Å². The molecule has 0 unspecified atom stereocenters. The topological polar surface area (TPSA) is 55.6 Å². The van der Waals surface area contributed by atoms with Crippen LogP contribution in [0.1, 0.15) is 18.3 Å². The molecule has 4 aromatic rings. The van der Waals surface area contributed by atoms with Gasteiger partial charge in [0.25, 0.3) is 0 Å². The Kier molecular flexibility index (Phi) is 4.19. The molecule has 0 spiro atoms. The van der Waals surface area contributed by atoms with E-state index in [1.165, 1.54) is 0 Å². The van der Waals surface area contributed by atoms with Crippen molar-refractivity contribution in [2.45, 2.75) is 19.9 Å². The maximum atomic E-state index is 4.67. The van der Waals surface area contributed by atoms with Gasteiger partial charge in [0.2, 0.25) is 0 Å². The van der Waals surface area contributed by atoms with Gasteiger partial charge in [-0.25, -0.2) is 9.97 Å². The van der Waals surface area contributed by atoms with Crippen LogP contribution in [0.25, 0.3) is 21.5 Å². The fourth-order valence-electron chi connectivity index (χ4n) is 2.88. The van der Waals surface area contributed by atoms with Gasteiger partial charge in [0.15, 0.2) is 0 Å². The molecule has 0 aliphatic rings. The van der Waals surface area contributed by atoms with E-state index in [0.717, 1.165) is 45.1 Å². The van der Waals surface area contributed by atoms with Crippen LogP contribution in [0.3, 0.4) is 0 Å². The van der Waals surface area contributed by atoms with Gasteiger partial charge in [-0.15, -0.1) is 11.3 Å². The number of fused-ring (bicyclic) bond motifs is 1. The molecule has 1 N–H and O–H groups in total. The summed E-state index contributed by atoms with van der Waals surface area (Å²) in [6, 6.07) is 12.3. The minimum absolute atomic E-state index is 0.670. The summed E-state index contributed by atoms with van der Waals surface area (Å²) in [5.74, 6) is 1.76. The second kappa shape index (κ2) is 6.64. The molecule has 0 aliphatic heterocycles. The van der Waals surface area contributed by atoms with Crippen molar-refractivity contribution in [3.05, 3.63) is 59.4 Å². The van der Waals surface area contributed by atoms with Crippen LogP contribution in [-0.4, -0.2) is 19.7 Å². The lowest BCUT2D eigenvalue weighted by molar-refractivity contribution is 0.770. The van der Waals surface area contributed by atoms with Crippen LogP contribution < -0.4 is 5.32 Å². The van der Waals surface area contributed by atoms with Gasteiger partial charge < -0.3 is 5.32 Å². The summed E-state index contributed by atoms with van der Waals surface area (Å²) in [6.45, 7) is 2.75. The van der Waals surface area contributed by atoms with E-state index in [4.69, 9.17) is 0 Å². The van der Waals surface area contributed by atoms with E-state index in [-0.39, 0.29) is 0 Å². The van der Waals surface area contributed by atoms with Crippen LogP contribution in [0.2, 0.25) is 0 Å². The normalized spacial score (nSPS) is 11.1. The van der Waals surface area contributed by atoms with Crippen LogP contribution in [-0.2, 0) is 20.0 Å². The molecule has 0 atom stereocenters. The number of rotatable bonds is 5. The summed E-state index contributed by atoms with van der Waals surface area (Å²) >= 11 is 1.65. The second-order valence-corrected chi connectivity index (χ2v) is 6.77. The van der Waals surface area contributed by atoms with Gasteiger partial charge in [-0.1, -0.05) is 37.3 Å². The lowest BCUT2D eigenvalue weighted by Crippen LogP contribution is -2.05. The molecule has 126 valence electrons. The Labute approximate surface area is 150 Å². The Bertz CT molecular complexity index is 1000. The predicted molar refractivity (Wildman–Crippen MR) is 103 cm³/mol. The van der Waals surface area contributed by atoms with E-state index in [9.17, 15) is 0 Å². The third kappa shape index (κ3) is 3.13. The summed E-state index contributed by atoms with van der Waals surface area (Å²) in [4.78, 5) is 10.3. The first-order valence-electron chi connectivity index (χ1n) is 8.30. The SMILES string of the molecule is CCc1nc(NCc2cn(C)nc2-c2ccccc2)c2ccsc2n1. The molecule has 3 aromatic heterocycles. The molecular formula is C19H19N5S. The summed E-state index contributed by atoms with van der Waals surface area (Å²) in [6.07, 6.45) is 2.88. The van der Waals surface area contributed by atoms with E-state index in [1.807, 2.05) is 29.9 Å². The molecule has 0 saturated heterocycles. The van der Waals surface area contributed by atoms with Gasteiger partial charge in [-0.2, -0.15) is 5.10 Å². The number of benzene rings is 1. The van der Waals surface area contributed by atoms with E-state index < -0.39 is 0 Å². The van der Waals surface area contributed by atoms with Gasteiger partial charge in [0.1, 0.15) is 16.5 Å². The number of nitrogens with zero attached hydrogens (tertiary/aromatic N) is 4. The molecule has 6 heteroatoms. The van der Waals surface area contributed by atoms with Crippen LogP contribution in [0.15, 0.2) is 48.0 Å². The minimum Gasteiger partial charge on any atom is -0.365 e. The summed E-state index contributed by atoms with van der Waals surface area (Å²) < 4.78 is 1.86. The Balaban J connectivity index is 1.66. The lowest BCUT2D eigenvalue weighted by Gasteiger charge is -2.08. The molecule has 4 rings (SSSR count). The molecule has 0 aliphatic carbocycles. The maximum Gasteiger partial charge on any atom is 0.138 e. The Morgan fingerprint density at radius 2 is 1.96 bits per heavy atom. The zero-order valence-corrected chi connectivity index (χ0v) is 15.0. The van der Waals surface area contributed by atoms with E-state index in [1.54, 1.807) is 11.3 Å². The first-order chi connectivity index (χ1) is 12.2. The largest absolute Gasteiger partial charge is 0.365 e. The third-order valence-corrected chi connectivity index (χ3v) is 4.89. The molecule has 1 aromatic carbocycles. The van der Waals surface area contributed by atoms with Crippen molar-refractivity contribution in [2.75, 3.05) is 5.32 Å². The zero-order valence-electron chi connectivity index (χ0n) is 14.2. The molecule has 0 radical (unpaired) electrons. The number of thiophene rings is 1. The fourth-order valence-corrected chi connectivity index (χ4v) is 3.66. The lowest BCUT2D eigenvalue weighted by atomic mass is 10.1. The van der Waals surface area contributed by atoms with Crippen LogP contribution >= 0.6 is 11.3 Å². The number of aryl methyl sites for hydroxylation is 2. The van der Waals surface area contributed by atoms with Crippen molar-refractivity contribution in [3.8, 4) is 11.3 Å².